The van der Waals surface area contributed by atoms with Gasteiger partial charge in [0, 0.05) is 12.3 Å². The molecule has 1 atom stereocenters. The van der Waals surface area contributed by atoms with Crippen molar-refractivity contribution in [2.75, 3.05) is 0 Å². The molecule has 0 radical (unpaired) electrons. The van der Waals surface area contributed by atoms with Crippen LogP contribution in [0, 0.1) is 0 Å². The third-order valence-electron chi connectivity index (χ3n) is 1.36. The van der Waals surface area contributed by atoms with Gasteiger partial charge in [0.1, 0.15) is 10.7 Å². The molecule has 0 saturated carbocycles. The van der Waals surface area contributed by atoms with Gasteiger partial charge in [-0.15, -0.1) is 0 Å². The summed E-state index contributed by atoms with van der Waals surface area (Å²) in [4.78, 5) is 14.7. The molecule has 1 rings (SSSR count). The molecule has 4 heteroatoms. The second-order valence-electron chi connectivity index (χ2n) is 2.22. The topological polar surface area (TPSA) is 46.5 Å². The van der Waals surface area contributed by atoms with Gasteiger partial charge in [0.25, 0.3) is 0 Å². The zero-order valence-electron chi connectivity index (χ0n) is 6.46. The molecule has 0 aromatic carbocycles. The number of ketones is 1. The van der Waals surface area contributed by atoms with E-state index in [2.05, 4.69) is 4.99 Å². The minimum atomic E-state index is -1.14. The fraction of sp³-hybridized carbons (Fsp3) is 0.429. The van der Waals surface area contributed by atoms with E-state index in [0.717, 1.165) is 0 Å². The number of carbonyl (C=O) groups excluding carboxylic acids is 1. The summed E-state index contributed by atoms with van der Waals surface area (Å²) in [5, 5.41) is 2.00. The first kappa shape index (κ1) is 8.33. The molecule has 0 fully saturated rings. The summed E-state index contributed by atoms with van der Waals surface area (Å²) in [7, 11) is -1.14. The van der Waals surface area contributed by atoms with E-state index in [1.165, 1.54) is 12.3 Å². The second kappa shape index (κ2) is 3.09. The Morgan fingerprint density at radius 1 is 1.73 bits per heavy atom. The molecular formula is C7H9NO2S. The highest BCUT2D eigenvalue weighted by Gasteiger charge is 2.16. The third kappa shape index (κ3) is 1.63. The van der Waals surface area contributed by atoms with Crippen LogP contribution in [0.15, 0.2) is 16.1 Å². The highest BCUT2D eigenvalue weighted by atomic mass is 32.2. The molecule has 0 aromatic heterocycles. The van der Waals surface area contributed by atoms with Crippen LogP contribution in [0.2, 0.25) is 0 Å². The normalized spacial score (nSPS) is 22.9. The van der Waals surface area contributed by atoms with Crippen LogP contribution in [0.25, 0.3) is 0 Å². The van der Waals surface area contributed by atoms with Crippen LogP contribution in [-0.4, -0.2) is 15.0 Å². The molecule has 60 valence electrons. The van der Waals surface area contributed by atoms with Crippen molar-refractivity contribution in [2.24, 2.45) is 4.99 Å². The molecule has 1 aliphatic rings. The van der Waals surface area contributed by atoms with E-state index in [1.54, 1.807) is 0 Å². The molecule has 1 aliphatic heterocycles. The first-order valence-corrected chi connectivity index (χ1v) is 4.57. The van der Waals surface area contributed by atoms with Gasteiger partial charge < -0.3 is 0 Å². The summed E-state index contributed by atoms with van der Waals surface area (Å²) in [6.07, 6.45) is 0.639. The maximum atomic E-state index is 11.1. The second-order valence-corrected chi connectivity index (χ2v) is 3.52. The van der Waals surface area contributed by atoms with Gasteiger partial charge in [0.05, 0.1) is 10.8 Å². The number of Topliss-reactive ketones (excluding diaryl/α,β-unsaturated/α-hetero) is 1. The molecule has 0 spiro atoms. The Hall–Kier alpha value is -0.770. The molecule has 3 nitrogen and oxygen atoms in total. The molecule has 1 unspecified atom stereocenters. The Bertz CT molecular complexity index is 278. The average molecular weight is 171 g/mol. The van der Waals surface area contributed by atoms with Gasteiger partial charge >= 0.3 is 0 Å². The lowest BCUT2D eigenvalue weighted by Crippen LogP contribution is -1.97. The number of nitrogens with zero attached hydrogens (tertiary/aromatic N) is 1. The Morgan fingerprint density at radius 2 is 2.36 bits per heavy atom. The fourth-order valence-electron chi connectivity index (χ4n) is 0.758. The first-order valence-electron chi connectivity index (χ1n) is 3.36. The fourth-order valence-corrected chi connectivity index (χ4v) is 1.79. The Balaban J connectivity index is 2.91. The van der Waals surface area contributed by atoms with E-state index in [1.807, 2.05) is 6.92 Å². The highest BCUT2D eigenvalue weighted by molar-refractivity contribution is 8.03. The smallest absolute Gasteiger partial charge is 0.178 e. The van der Waals surface area contributed by atoms with Gasteiger partial charge in [-0.3, -0.25) is 4.79 Å². The molecule has 1 heterocycles. The average Bonchev–Trinajstić information content (AvgIpc) is 2.31. The van der Waals surface area contributed by atoms with E-state index in [9.17, 15) is 9.00 Å². The summed E-state index contributed by atoms with van der Waals surface area (Å²) in [6, 6.07) is 0. The highest BCUT2D eigenvalue weighted by Crippen LogP contribution is 2.13. The number of hydrogen-bond acceptors (Lipinski definition) is 3. The third-order valence-corrected chi connectivity index (χ3v) is 2.64. The zero-order valence-corrected chi connectivity index (χ0v) is 7.27. The Labute approximate surface area is 67.7 Å². The number of rotatable bonds is 2. The van der Waals surface area contributed by atoms with Crippen molar-refractivity contribution >= 4 is 21.6 Å². The SMILES string of the molecule is CCC1=NC(C(C)=O)=CS1=O. The van der Waals surface area contributed by atoms with Gasteiger partial charge in [-0.05, 0) is 6.42 Å². The predicted octanol–water partition coefficient (Wildman–Crippen LogP) is 0.988. The Morgan fingerprint density at radius 3 is 2.64 bits per heavy atom. The van der Waals surface area contributed by atoms with Crippen molar-refractivity contribution in [1.29, 1.82) is 0 Å². The standard InChI is InChI=1S/C7H9NO2S/c1-3-7-8-6(5(2)9)4-11(7)10/h4H,3H2,1-2H3. The van der Waals surface area contributed by atoms with Crippen LogP contribution in [-0.2, 0) is 15.6 Å². The summed E-state index contributed by atoms with van der Waals surface area (Å²) in [6.45, 7) is 3.29. The monoisotopic (exact) mass is 171 g/mol. The number of carbonyl (C=O) groups is 1. The first-order chi connectivity index (χ1) is 5.15. The van der Waals surface area contributed by atoms with Crippen molar-refractivity contribution in [3.05, 3.63) is 11.1 Å². The summed E-state index contributed by atoms with van der Waals surface area (Å²) >= 11 is 0. The minimum absolute atomic E-state index is 0.123. The van der Waals surface area contributed by atoms with Crippen LogP contribution < -0.4 is 0 Å². The summed E-state index contributed by atoms with van der Waals surface area (Å²) in [5.41, 5.74) is 0.334. The van der Waals surface area contributed by atoms with Crippen LogP contribution >= 0.6 is 0 Å². The summed E-state index contributed by atoms with van der Waals surface area (Å²) in [5.74, 6) is -0.123. The van der Waals surface area contributed by atoms with Crippen LogP contribution in [0.3, 0.4) is 0 Å². The molecule has 0 aliphatic carbocycles. The number of allylic oxidation sites excluding steroid dienone is 1. The minimum Gasteiger partial charge on any atom is -0.293 e. The van der Waals surface area contributed by atoms with E-state index >= 15 is 0 Å². The quantitative estimate of drug-likeness (QED) is 0.622. The van der Waals surface area contributed by atoms with Gasteiger partial charge in [0.2, 0.25) is 0 Å². The van der Waals surface area contributed by atoms with Crippen LogP contribution in [0.4, 0.5) is 0 Å². The summed E-state index contributed by atoms with van der Waals surface area (Å²) < 4.78 is 11.1. The van der Waals surface area contributed by atoms with E-state index in [4.69, 9.17) is 0 Å². The van der Waals surface area contributed by atoms with Crippen LogP contribution in [0.1, 0.15) is 20.3 Å². The van der Waals surface area contributed by atoms with Gasteiger partial charge in [-0.25, -0.2) is 9.20 Å². The van der Waals surface area contributed by atoms with Crippen molar-refractivity contribution in [2.45, 2.75) is 20.3 Å². The van der Waals surface area contributed by atoms with Gasteiger partial charge in [-0.1, -0.05) is 6.92 Å². The zero-order chi connectivity index (χ0) is 8.43. The van der Waals surface area contributed by atoms with Gasteiger partial charge in [0.15, 0.2) is 5.78 Å². The molecule has 11 heavy (non-hydrogen) atoms. The molecule has 0 N–H and O–H groups in total. The lowest BCUT2D eigenvalue weighted by molar-refractivity contribution is -0.113. The Kier molecular flexibility index (Phi) is 2.34. The van der Waals surface area contributed by atoms with Crippen molar-refractivity contribution in [1.82, 2.24) is 0 Å². The maximum Gasteiger partial charge on any atom is 0.178 e. The lowest BCUT2D eigenvalue weighted by atomic mass is 10.3. The largest absolute Gasteiger partial charge is 0.293 e. The van der Waals surface area contributed by atoms with E-state index in [0.29, 0.717) is 17.2 Å². The molecule has 0 saturated heterocycles. The van der Waals surface area contributed by atoms with E-state index < -0.39 is 10.8 Å². The molecule has 0 aromatic rings. The number of hydrogen-bond donors (Lipinski definition) is 0. The number of aliphatic imine (C=N–C) groups is 1. The van der Waals surface area contributed by atoms with Crippen molar-refractivity contribution < 1.29 is 9.00 Å². The van der Waals surface area contributed by atoms with Crippen LogP contribution in [0.5, 0.6) is 0 Å². The predicted molar refractivity (Wildman–Crippen MR) is 44.6 cm³/mol. The van der Waals surface area contributed by atoms with Crippen molar-refractivity contribution in [3.63, 3.8) is 0 Å². The molecular weight excluding hydrogens is 162 g/mol. The van der Waals surface area contributed by atoms with Crippen molar-refractivity contribution in [3.8, 4) is 0 Å². The van der Waals surface area contributed by atoms with E-state index in [-0.39, 0.29) is 5.78 Å². The lowest BCUT2D eigenvalue weighted by Gasteiger charge is -1.88. The molecule has 0 amide bonds. The van der Waals surface area contributed by atoms with Gasteiger partial charge in [-0.2, -0.15) is 0 Å². The molecule has 0 bridgehead atoms. The maximum absolute atomic E-state index is 11.1.